The minimum absolute atomic E-state index is 0.194. The zero-order valence-corrected chi connectivity index (χ0v) is 14.9. The summed E-state index contributed by atoms with van der Waals surface area (Å²) in [5.41, 5.74) is -0.541. The van der Waals surface area contributed by atoms with Crippen LogP contribution in [-0.2, 0) is 15.9 Å². The molecule has 1 amide bonds. The molecule has 1 atom stereocenters. The molecule has 8 heteroatoms. The number of hydrogen-bond donors (Lipinski definition) is 2. The van der Waals surface area contributed by atoms with E-state index < -0.39 is 34.1 Å². The maximum absolute atomic E-state index is 12.0. The summed E-state index contributed by atoms with van der Waals surface area (Å²) in [6.45, 7) is 11.1. The number of nitro groups is 1. The molecule has 0 fully saturated rings. The van der Waals surface area contributed by atoms with Gasteiger partial charge >= 0.3 is 11.8 Å². The van der Waals surface area contributed by atoms with E-state index in [2.05, 4.69) is 11.9 Å². The molecule has 0 unspecified atom stereocenters. The van der Waals surface area contributed by atoms with Crippen LogP contribution in [0.1, 0.15) is 33.3 Å². The van der Waals surface area contributed by atoms with Crippen molar-refractivity contribution in [3.8, 4) is 5.75 Å². The van der Waals surface area contributed by atoms with Crippen LogP contribution < -0.4 is 5.32 Å². The van der Waals surface area contributed by atoms with E-state index in [9.17, 15) is 20.0 Å². The Kier molecular flexibility index (Phi) is 6.78. The van der Waals surface area contributed by atoms with Crippen LogP contribution in [0.3, 0.4) is 0 Å². The van der Waals surface area contributed by atoms with Gasteiger partial charge in [-0.05, 0) is 39.3 Å². The average Bonchev–Trinajstić information content (AvgIpc) is 2.46. The molecule has 1 rings (SSSR count). The topological polar surface area (TPSA) is 111 Å². The molecular formula is C17H24N2O6. The summed E-state index contributed by atoms with van der Waals surface area (Å²) in [6.07, 6.45) is -0.453. The SMILES string of the molecule is C=C(OCC)[C@H](Cc1ccc(O)c([N+](=O)[O-])c1)NC(=O)OC(C)(C)C. The highest BCUT2D eigenvalue weighted by Crippen LogP contribution is 2.27. The number of alkyl carbamates (subject to hydrolysis) is 1. The van der Waals surface area contributed by atoms with Crippen LogP contribution in [0.25, 0.3) is 0 Å². The second-order valence-corrected chi connectivity index (χ2v) is 6.38. The first-order valence-electron chi connectivity index (χ1n) is 7.81. The molecule has 0 spiro atoms. The molecule has 2 N–H and O–H groups in total. The third kappa shape index (κ3) is 6.70. The monoisotopic (exact) mass is 352 g/mol. The lowest BCUT2D eigenvalue weighted by Gasteiger charge is -2.24. The predicted molar refractivity (Wildman–Crippen MR) is 92.4 cm³/mol. The normalized spacial score (nSPS) is 12.2. The number of aromatic hydroxyl groups is 1. The molecule has 0 aliphatic heterocycles. The lowest BCUT2D eigenvalue weighted by atomic mass is 10.0. The fourth-order valence-corrected chi connectivity index (χ4v) is 2.06. The molecule has 25 heavy (non-hydrogen) atoms. The Morgan fingerprint density at radius 1 is 1.44 bits per heavy atom. The molecule has 0 saturated heterocycles. The summed E-state index contributed by atoms with van der Waals surface area (Å²) < 4.78 is 10.6. The predicted octanol–water partition coefficient (Wildman–Crippen LogP) is 3.29. The summed E-state index contributed by atoms with van der Waals surface area (Å²) in [5, 5.41) is 23.1. The van der Waals surface area contributed by atoms with Crippen molar-refractivity contribution in [1.29, 1.82) is 0 Å². The van der Waals surface area contributed by atoms with Gasteiger partial charge in [0, 0.05) is 12.5 Å². The molecule has 0 aliphatic rings. The fourth-order valence-electron chi connectivity index (χ4n) is 2.06. The van der Waals surface area contributed by atoms with Crippen LogP contribution in [0, 0.1) is 10.1 Å². The smallest absolute Gasteiger partial charge is 0.408 e. The zero-order valence-electron chi connectivity index (χ0n) is 14.9. The Bertz CT molecular complexity index is 651. The number of nitrogens with zero attached hydrogens (tertiary/aromatic N) is 1. The van der Waals surface area contributed by atoms with Crippen LogP contribution in [0.4, 0.5) is 10.5 Å². The largest absolute Gasteiger partial charge is 0.502 e. The highest BCUT2D eigenvalue weighted by atomic mass is 16.6. The third-order valence-electron chi connectivity index (χ3n) is 3.09. The molecule has 0 saturated carbocycles. The number of carbonyl (C=O) groups excluding carboxylic acids is 1. The Morgan fingerprint density at radius 3 is 2.60 bits per heavy atom. The van der Waals surface area contributed by atoms with E-state index in [4.69, 9.17) is 9.47 Å². The summed E-state index contributed by atoms with van der Waals surface area (Å²) in [4.78, 5) is 22.3. The van der Waals surface area contributed by atoms with Crippen molar-refractivity contribution in [1.82, 2.24) is 5.32 Å². The molecule has 1 aromatic carbocycles. The van der Waals surface area contributed by atoms with E-state index in [-0.39, 0.29) is 6.42 Å². The number of rotatable bonds is 7. The Hall–Kier alpha value is -2.77. The highest BCUT2D eigenvalue weighted by molar-refractivity contribution is 5.68. The first-order chi connectivity index (χ1) is 11.5. The summed E-state index contributed by atoms with van der Waals surface area (Å²) >= 11 is 0. The van der Waals surface area contributed by atoms with Gasteiger partial charge in [-0.2, -0.15) is 0 Å². The standard InChI is InChI=1S/C17H24N2O6/c1-6-24-11(2)13(18-16(21)25-17(3,4)5)9-12-7-8-15(20)14(10-12)19(22)23/h7-8,10,13,20H,2,6,9H2,1,3-5H3,(H,18,21)/t13-/m0/s1. The Morgan fingerprint density at radius 2 is 2.08 bits per heavy atom. The Labute approximate surface area is 146 Å². The third-order valence-corrected chi connectivity index (χ3v) is 3.09. The fraction of sp³-hybridized carbons (Fsp3) is 0.471. The number of hydrogen-bond acceptors (Lipinski definition) is 6. The van der Waals surface area contributed by atoms with Gasteiger partial charge in [-0.3, -0.25) is 10.1 Å². The number of nitrogens with one attached hydrogen (secondary N) is 1. The van der Waals surface area contributed by atoms with Crippen molar-refractivity contribution < 1.29 is 24.3 Å². The van der Waals surface area contributed by atoms with E-state index in [1.54, 1.807) is 27.7 Å². The molecule has 8 nitrogen and oxygen atoms in total. The molecular weight excluding hydrogens is 328 g/mol. The molecule has 138 valence electrons. The van der Waals surface area contributed by atoms with Crippen molar-refractivity contribution in [3.63, 3.8) is 0 Å². The highest BCUT2D eigenvalue weighted by Gasteiger charge is 2.23. The number of benzene rings is 1. The first kappa shape index (κ1) is 20.3. The van der Waals surface area contributed by atoms with Gasteiger partial charge < -0.3 is 19.9 Å². The molecule has 0 heterocycles. The van der Waals surface area contributed by atoms with E-state index in [1.807, 2.05) is 0 Å². The molecule has 1 aromatic rings. The first-order valence-corrected chi connectivity index (χ1v) is 7.81. The van der Waals surface area contributed by atoms with Crippen LogP contribution >= 0.6 is 0 Å². The number of ether oxygens (including phenoxy) is 2. The zero-order chi connectivity index (χ0) is 19.2. The van der Waals surface area contributed by atoms with Crippen molar-refractivity contribution in [2.75, 3.05) is 6.61 Å². The molecule has 0 aromatic heterocycles. The average molecular weight is 352 g/mol. The number of phenolic OH excluding ortho intramolecular Hbond substituents is 1. The summed E-state index contributed by atoms with van der Waals surface area (Å²) in [6, 6.07) is 3.38. The van der Waals surface area contributed by atoms with Crippen LogP contribution in [-0.4, -0.2) is 34.4 Å². The number of nitro benzene ring substituents is 1. The second kappa shape index (κ2) is 8.36. The van der Waals surface area contributed by atoms with Gasteiger partial charge in [-0.1, -0.05) is 12.6 Å². The van der Waals surface area contributed by atoms with E-state index in [0.29, 0.717) is 17.9 Å². The lowest BCUT2D eigenvalue weighted by molar-refractivity contribution is -0.385. The van der Waals surface area contributed by atoms with Gasteiger partial charge in [0.05, 0.1) is 17.6 Å². The van der Waals surface area contributed by atoms with Crippen molar-refractivity contribution in [2.45, 2.75) is 45.8 Å². The number of phenols is 1. The molecule has 0 bridgehead atoms. The van der Waals surface area contributed by atoms with Gasteiger partial charge in [0.1, 0.15) is 11.4 Å². The molecule has 0 radical (unpaired) electrons. The maximum atomic E-state index is 12.0. The van der Waals surface area contributed by atoms with E-state index in [0.717, 1.165) is 0 Å². The van der Waals surface area contributed by atoms with Gasteiger partial charge in [0.15, 0.2) is 5.75 Å². The number of carbonyl (C=O) groups is 1. The van der Waals surface area contributed by atoms with Crippen LogP contribution in [0.5, 0.6) is 5.75 Å². The van der Waals surface area contributed by atoms with Gasteiger partial charge in [-0.25, -0.2) is 4.79 Å². The van der Waals surface area contributed by atoms with Gasteiger partial charge in [-0.15, -0.1) is 0 Å². The summed E-state index contributed by atoms with van der Waals surface area (Å²) in [7, 11) is 0. The van der Waals surface area contributed by atoms with Crippen LogP contribution in [0.2, 0.25) is 0 Å². The van der Waals surface area contributed by atoms with E-state index in [1.165, 1.54) is 18.2 Å². The van der Waals surface area contributed by atoms with Crippen molar-refractivity contribution >= 4 is 11.8 Å². The van der Waals surface area contributed by atoms with Crippen molar-refractivity contribution in [3.05, 3.63) is 46.2 Å². The minimum atomic E-state index is -0.674. The molecule has 0 aliphatic carbocycles. The lowest BCUT2D eigenvalue weighted by Crippen LogP contribution is -2.41. The number of amides is 1. The van der Waals surface area contributed by atoms with E-state index >= 15 is 0 Å². The van der Waals surface area contributed by atoms with Gasteiger partial charge in [0.2, 0.25) is 0 Å². The quantitative estimate of drug-likeness (QED) is 0.442. The van der Waals surface area contributed by atoms with Gasteiger partial charge in [0.25, 0.3) is 0 Å². The van der Waals surface area contributed by atoms with Crippen molar-refractivity contribution in [2.24, 2.45) is 0 Å². The second-order valence-electron chi connectivity index (χ2n) is 6.38. The summed E-state index contributed by atoms with van der Waals surface area (Å²) in [5.74, 6) is -0.113. The van der Waals surface area contributed by atoms with Crippen LogP contribution in [0.15, 0.2) is 30.5 Å². The maximum Gasteiger partial charge on any atom is 0.408 e. The minimum Gasteiger partial charge on any atom is -0.502 e. The Balaban J connectivity index is 2.98.